The minimum atomic E-state index is -0.492. The summed E-state index contributed by atoms with van der Waals surface area (Å²) in [6.07, 6.45) is 5.29. The number of rotatable bonds is 5. The van der Waals surface area contributed by atoms with E-state index in [4.69, 9.17) is 9.72 Å². The lowest BCUT2D eigenvalue weighted by atomic mass is 10.0. The van der Waals surface area contributed by atoms with Gasteiger partial charge in [0, 0.05) is 28.0 Å². The van der Waals surface area contributed by atoms with Crippen molar-refractivity contribution in [1.29, 1.82) is 0 Å². The van der Waals surface area contributed by atoms with Crippen molar-refractivity contribution in [1.82, 2.24) is 9.97 Å². The standard InChI is InChI=1S/C30H22N2O3/c33-27(24-17-31-25-12-6-4-10-21(24)25)18-35-30(34)28-22-11-5-7-13-26(22)32-29-20(14-15-23(28)29)16-19-8-2-1-3-9-19/h1-13,16-17,31H,14-15,18H2. The van der Waals surface area contributed by atoms with E-state index in [1.54, 1.807) is 6.20 Å². The molecule has 0 saturated carbocycles. The molecule has 1 N–H and O–H groups in total. The van der Waals surface area contributed by atoms with E-state index in [0.29, 0.717) is 17.5 Å². The summed E-state index contributed by atoms with van der Waals surface area (Å²) >= 11 is 0. The van der Waals surface area contributed by atoms with E-state index in [0.717, 1.165) is 50.6 Å². The van der Waals surface area contributed by atoms with Gasteiger partial charge in [0.25, 0.3) is 0 Å². The maximum Gasteiger partial charge on any atom is 0.339 e. The van der Waals surface area contributed by atoms with Gasteiger partial charge in [-0.05, 0) is 47.8 Å². The van der Waals surface area contributed by atoms with Gasteiger partial charge >= 0.3 is 5.97 Å². The summed E-state index contributed by atoms with van der Waals surface area (Å²) in [6, 6.07) is 25.3. The summed E-state index contributed by atoms with van der Waals surface area (Å²) in [5.74, 6) is -0.732. The molecule has 3 aromatic carbocycles. The number of carbonyl (C=O) groups excluding carboxylic acids is 2. The van der Waals surface area contributed by atoms with Crippen molar-refractivity contribution in [3.63, 3.8) is 0 Å². The van der Waals surface area contributed by atoms with E-state index >= 15 is 0 Å². The van der Waals surface area contributed by atoms with Crippen molar-refractivity contribution >= 4 is 45.2 Å². The number of benzene rings is 3. The van der Waals surface area contributed by atoms with Crippen LogP contribution in [0.25, 0.3) is 33.5 Å². The number of hydrogen-bond acceptors (Lipinski definition) is 4. The Morgan fingerprint density at radius 1 is 0.886 bits per heavy atom. The number of allylic oxidation sites excluding steroid dienone is 1. The lowest BCUT2D eigenvalue weighted by molar-refractivity contribution is 0.0476. The first-order valence-corrected chi connectivity index (χ1v) is 11.6. The van der Waals surface area contributed by atoms with E-state index in [-0.39, 0.29) is 12.4 Å². The third-order valence-corrected chi connectivity index (χ3v) is 6.51. The third-order valence-electron chi connectivity index (χ3n) is 6.51. The predicted octanol–water partition coefficient (Wildman–Crippen LogP) is 6.24. The van der Waals surface area contributed by atoms with Gasteiger partial charge in [-0.25, -0.2) is 9.78 Å². The molecule has 5 heteroatoms. The molecule has 0 atom stereocenters. The van der Waals surface area contributed by atoms with Crippen LogP contribution < -0.4 is 0 Å². The van der Waals surface area contributed by atoms with Crippen molar-refractivity contribution in [2.24, 2.45) is 0 Å². The summed E-state index contributed by atoms with van der Waals surface area (Å²) in [5, 5.41) is 1.57. The van der Waals surface area contributed by atoms with Crippen molar-refractivity contribution in [3.05, 3.63) is 113 Å². The van der Waals surface area contributed by atoms with Crippen LogP contribution in [0.4, 0.5) is 0 Å². The van der Waals surface area contributed by atoms with Gasteiger partial charge in [-0.2, -0.15) is 0 Å². The lowest BCUT2D eigenvalue weighted by Crippen LogP contribution is -2.16. The summed E-state index contributed by atoms with van der Waals surface area (Å²) in [4.78, 5) is 34.3. The van der Waals surface area contributed by atoms with Crippen LogP contribution >= 0.6 is 0 Å². The van der Waals surface area contributed by atoms with Gasteiger partial charge in [0.1, 0.15) is 0 Å². The molecule has 0 spiro atoms. The Morgan fingerprint density at radius 2 is 1.63 bits per heavy atom. The lowest BCUT2D eigenvalue weighted by Gasteiger charge is -2.12. The molecular formula is C30H22N2O3. The van der Waals surface area contributed by atoms with Gasteiger partial charge in [-0.3, -0.25) is 4.79 Å². The monoisotopic (exact) mass is 458 g/mol. The van der Waals surface area contributed by atoms with Crippen molar-refractivity contribution in [3.8, 4) is 0 Å². The second-order valence-electron chi connectivity index (χ2n) is 8.66. The number of aromatic amines is 1. The number of aromatic nitrogens is 2. The fraction of sp³-hybridized carbons (Fsp3) is 0.100. The summed E-state index contributed by atoms with van der Waals surface area (Å²) in [6.45, 7) is -0.321. The number of H-pyrrole nitrogens is 1. The van der Waals surface area contributed by atoms with E-state index < -0.39 is 5.97 Å². The number of nitrogens with zero attached hydrogens (tertiary/aromatic N) is 1. The Labute approximate surface area is 202 Å². The van der Waals surface area contributed by atoms with Crippen molar-refractivity contribution in [2.45, 2.75) is 12.8 Å². The minimum Gasteiger partial charge on any atom is -0.454 e. The van der Waals surface area contributed by atoms with Crippen LogP contribution in [0.3, 0.4) is 0 Å². The van der Waals surface area contributed by atoms with E-state index in [1.807, 2.05) is 66.7 Å². The molecular weight excluding hydrogens is 436 g/mol. The molecule has 170 valence electrons. The molecule has 0 fully saturated rings. The Balaban J connectivity index is 1.34. The Bertz CT molecular complexity index is 1630. The molecule has 2 heterocycles. The highest BCUT2D eigenvalue weighted by Crippen LogP contribution is 2.37. The van der Waals surface area contributed by atoms with Crippen LogP contribution in [-0.2, 0) is 11.2 Å². The highest BCUT2D eigenvalue weighted by Gasteiger charge is 2.28. The van der Waals surface area contributed by atoms with Crippen LogP contribution in [0.2, 0.25) is 0 Å². The average molecular weight is 459 g/mol. The molecule has 35 heavy (non-hydrogen) atoms. The molecule has 5 nitrogen and oxygen atoms in total. The fourth-order valence-corrected chi connectivity index (χ4v) is 4.85. The van der Waals surface area contributed by atoms with Crippen LogP contribution in [0, 0.1) is 0 Å². The molecule has 5 aromatic rings. The second-order valence-corrected chi connectivity index (χ2v) is 8.66. The van der Waals surface area contributed by atoms with Gasteiger partial charge in [-0.1, -0.05) is 66.7 Å². The van der Waals surface area contributed by atoms with Crippen molar-refractivity contribution < 1.29 is 14.3 Å². The quantitative estimate of drug-likeness (QED) is 0.250. The topological polar surface area (TPSA) is 72.1 Å². The highest BCUT2D eigenvalue weighted by molar-refractivity contribution is 6.11. The number of nitrogens with one attached hydrogen (secondary N) is 1. The smallest absolute Gasteiger partial charge is 0.339 e. The van der Waals surface area contributed by atoms with Gasteiger partial charge in [-0.15, -0.1) is 0 Å². The van der Waals surface area contributed by atoms with Crippen molar-refractivity contribution in [2.75, 3.05) is 6.61 Å². The molecule has 1 aliphatic carbocycles. The van der Waals surface area contributed by atoms with E-state index in [1.165, 1.54) is 0 Å². The maximum absolute atomic E-state index is 13.4. The van der Waals surface area contributed by atoms with Crippen LogP contribution in [0.1, 0.15) is 44.0 Å². The number of Topliss-reactive ketones (excluding diaryl/α,β-unsaturated/α-hetero) is 1. The van der Waals surface area contributed by atoms with Crippen LogP contribution in [0.5, 0.6) is 0 Å². The SMILES string of the molecule is O=C(OCC(=O)c1c[nH]c2ccccc12)c1c2c(nc3ccccc13)C(=Cc1ccccc1)CC2. The first-order chi connectivity index (χ1) is 17.2. The first-order valence-electron chi connectivity index (χ1n) is 11.6. The summed E-state index contributed by atoms with van der Waals surface area (Å²) in [5.41, 5.74) is 6.55. The number of hydrogen-bond donors (Lipinski definition) is 1. The van der Waals surface area contributed by atoms with Gasteiger partial charge in [0.15, 0.2) is 6.61 Å². The van der Waals surface area contributed by atoms with Gasteiger partial charge in [0.2, 0.25) is 5.78 Å². The fourth-order valence-electron chi connectivity index (χ4n) is 4.85. The van der Waals surface area contributed by atoms with E-state index in [2.05, 4.69) is 23.2 Å². The molecule has 0 unspecified atom stereocenters. The average Bonchev–Trinajstić information content (AvgIpc) is 3.50. The normalized spacial score (nSPS) is 13.9. The molecule has 0 saturated heterocycles. The first kappa shape index (κ1) is 21.1. The zero-order chi connectivity index (χ0) is 23.8. The summed E-state index contributed by atoms with van der Waals surface area (Å²) < 4.78 is 5.60. The zero-order valence-corrected chi connectivity index (χ0v) is 19.0. The largest absolute Gasteiger partial charge is 0.454 e. The number of para-hydroxylation sites is 2. The molecule has 0 radical (unpaired) electrons. The minimum absolute atomic E-state index is 0.240. The number of pyridine rings is 1. The molecule has 0 amide bonds. The Kier molecular flexibility index (Phi) is 5.23. The Hall–Kier alpha value is -4.51. The van der Waals surface area contributed by atoms with Gasteiger partial charge in [0.05, 0.1) is 16.8 Å². The molecule has 0 aliphatic heterocycles. The molecule has 6 rings (SSSR count). The van der Waals surface area contributed by atoms with Gasteiger partial charge < -0.3 is 9.72 Å². The van der Waals surface area contributed by atoms with Crippen LogP contribution in [0.15, 0.2) is 85.1 Å². The van der Waals surface area contributed by atoms with E-state index in [9.17, 15) is 9.59 Å². The molecule has 2 aromatic heterocycles. The second kappa shape index (κ2) is 8.69. The maximum atomic E-state index is 13.4. The zero-order valence-electron chi connectivity index (χ0n) is 19.0. The van der Waals surface area contributed by atoms with Crippen LogP contribution in [-0.4, -0.2) is 28.3 Å². The molecule has 1 aliphatic rings. The summed E-state index contributed by atoms with van der Waals surface area (Å²) in [7, 11) is 0. The number of esters is 1. The predicted molar refractivity (Wildman–Crippen MR) is 137 cm³/mol. The number of ketones is 1. The number of ether oxygens (including phenoxy) is 1. The number of fused-ring (bicyclic) bond motifs is 3. The Morgan fingerprint density at radius 3 is 2.49 bits per heavy atom. The number of carbonyl (C=O) groups is 2. The highest BCUT2D eigenvalue weighted by atomic mass is 16.5. The molecule has 0 bridgehead atoms. The third kappa shape index (κ3) is 3.81.